The maximum atomic E-state index is 12.8. The lowest BCUT2D eigenvalue weighted by atomic mass is 9.92. The van der Waals surface area contributed by atoms with Crippen molar-refractivity contribution >= 4 is 23.6 Å². The van der Waals surface area contributed by atoms with Gasteiger partial charge in [-0.2, -0.15) is 0 Å². The lowest BCUT2D eigenvalue weighted by molar-refractivity contribution is 0.0367. The van der Waals surface area contributed by atoms with Gasteiger partial charge in [0.15, 0.2) is 0 Å². The molecule has 0 spiro atoms. The lowest BCUT2D eigenvalue weighted by Crippen LogP contribution is -2.37. The number of rotatable bonds is 15. The highest BCUT2D eigenvalue weighted by Gasteiger charge is 2.31. The van der Waals surface area contributed by atoms with Crippen molar-refractivity contribution in [3.8, 4) is 0 Å². The normalized spacial score (nSPS) is 18.1. The molecule has 0 saturated carbocycles. The van der Waals surface area contributed by atoms with Gasteiger partial charge in [-0.1, -0.05) is 56.2 Å². The van der Waals surface area contributed by atoms with Crippen LogP contribution in [0.5, 0.6) is 0 Å². The van der Waals surface area contributed by atoms with E-state index in [1.807, 2.05) is 39.8 Å². The number of likely N-dealkylation sites (N-methyl/N-ethyl adjacent to an activating group) is 1. The molecule has 0 N–H and O–H groups in total. The summed E-state index contributed by atoms with van der Waals surface area (Å²) in [6.45, 7) is 17.2. The first-order valence-corrected chi connectivity index (χ1v) is 18.5. The summed E-state index contributed by atoms with van der Waals surface area (Å²) in [6, 6.07) is 16.7. The minimum atomic E-state index is -0.315. The number of hydrogen-bond donors (Lipinski definition) is 0. The zero-order chi connectivity index (χ0) is 35.6. The molecule has 2 aromatic heterocycles. The number of anilines is 2. The molecule has 2 aliphatic heterocycles. The van der Waals surface area contributed by atoms with Gasteiger partial charge in [0.2, 0.25) is 0 Å². The van der Waals surface area contributed by atoms with Crippen LogP contribution in [0.15, 0.2) is 72.6 Å². The molecule has 2 aliphatic rings. The third-order valence-electron chi connectivity index (χ3n) is 9.64. The Balaban J connectivity index is 1.18. The van der Waals surface area contributed by atoms with Crippen LogP contribution in [0, 0.1) is 5.92 Å². The molecule has 5 rings (SSSR count). The third kappa shape index (κ3) is 9.50. The number of aromatic nitrogens is 2. The minimum Gasteiger partial charge on any atom is -0.459 e. The van der Waals surface area contributed by atoms with Crippen molar-refractivity contribution in [2.24, 2.45) is 5.92 Å². The van der Waals surface area contributed by atoms with E-state index in [4.69, 9.17) is 9.47 Å². The van der Waals surface area contributed by atoms with E-state index in [2.05, 4.69) is 68.9 Å². The molecule has 0 amide bonds. The second kappa shape index (κ2) is 17.6. The summed E-state index contributed by atoms with van der Waals surface area (Å²) in [7, 11) is 0. The summed E-state index contributed by atoms with van der Waals surface area (Å²) in [5.74, 6) is 1.26. The van der Waals surface area contributed by atoms with E-state index in [-0.39, 0.29) is 24.1 Å². The topological polar surface area (TPSA) is 88.1 Å². The SMILES string of the molecule is CCC/C(=C/Cc1ccc(CN(CC)[C@H]2CCN(c3ncccc3C(=O)OC(C)C)C2)cc1)[C@@H]1CCN(c2ncccc2C(=O)OC(C)C)C1. The molecular formula is C41H55N5O4. The first-order valence-electron chi connectivity index (χ1n) is 18.5. The van der Waals surface area contributed by atoms with Crippen LogP contribution in [0.3, 0.4) is 0 Å². The molecule has 9 heteroatoms. The molecule has 4 heterocycles. The van der Waals surface area contributed by atoms with Gasteiger partial charge in [-0.25, -0.2) is 19.6 Å². The fourth-order valence-corrected chi connectivity index (χ4v) is 7.18. The van der Waals surface area contributed by atoms with E-state index < -0.39 is 0 Å². The van der Waals surface area contributed by atoms with Crippen molar-refractivity contribution < 1.29 is 19.1 Å². The number of allylic oxidation sites excluding steroid dienone is 1. The Hall–Kier alpha value is -4.24. The van der Waals surface area contributed by atoms with Crippen LogP contribution in [-0.2, 0) is 22.4 Å². The van der Waals surface area contributed by atoms with Gasteiger partial charge in [0.25, 0.3) is 0 Å². The first kappa shape index (κ1) is 37.0. The highest BCUT2D eigenvalue weighted by Crippen LogP contribution is 2.32. The Morgan fingerprint density at radius 1 is 0.820 bits per heavy atom. The summed E-state index contributed by atoms with van der Waals surface area (Å²) >= 11 is 0. The van der Waals surface area contributed by atoms with Crippen LogP contribution in [0.2, 0.25) is 0 Å². The van der Waals surface area contributed by atoms with Gasteiger partial charge in [-0.3, -0.25) is 4.90 Å². The van der Waals surface area contributed by atoms with Crippen molar-refractivity contribution in [3.05, 3.63) is 94.8 Å². The van der Waals surface area contributed by atoms with Crippen molar-refractivity contribution in [3.63, 3.8) is 0 Å². The Morgan fingerprint density at radius 3 is 1.94 bits per heavy atom. The molecule has 3 aromatic rings. The van der Waals surface area contributed by atoms with Crippen molar-refractivity contribution in [2.75, 3.05) is 42.5 Å². The van der Waals surface area contributed by atoms with Crippen LogP contribution in [0.1, 0.15) is 99.1 Å². The van der Waals surface area contributed by atoms with Crippen LogP contribution in [-0.4, -0.2) is 77.8 Å². The molecule has 9 nitrogen and oxygen atoms in total. The molecule has 50 heavy (non-hydrogen) atoms. The van der Waals surface area contributed by atoms with E-state index in [1.165, 1.54) is 16.7 Å². The van der Waals surface area contributed by atoms with Crippen molar-refractivity contribution in [1.29, 1.82) is 0 Å². The maximum absolute atomic E-state index is 12.8. The van der Waals surface area contributed by atoms with Crippen LogP contribution < -0.4 is 9.80 Å². The van der Waals surface area contributed by atoms with Gasteiger partial charge >= 0.3 is 11.9 Å². The Morgan fingerprint density at radius 2 is 1.38 bits per heavy atom. The van der Waals surface area contributed by atoms with Gasteiger partial charge in [-0.15, -0.1) is 0 Å². The monoisotopic (exact) mass is 681 g/mol. The van der Waals surface area contributed by atoms with Gasteiger partial charge < -0.3 is 19.3 Å². The Labute approximate surface area is 298 Å². The molecule has 1 aromatic carbocycles. The second-order valence-electron chi connectivity index (χ2n) is 14.1. The van der Waals surface area contributed by atoms with Crippen LogP contribution >= 0.6 is 0 Å². The fraction of sp³-hybridized carbons (Fsp3) is 0.512. The van der Waals surface area contributed by atoms with Gasteiger partial charge in [0.05, 0.1) is 12.2 Å². The van der Waals surface area contributed by atoms with E-state index in [1.54, 1.807) is 24.5 Å². The average molecular weight is 682 g/mol. The quantitative estimate of drug-likeness (QED) is 0.120. The molecular weight excluding hydrogens is 626 g/mol. The summed E-state index contributed by atoms with van der Waals surface area (Å²) in [6.07, 6.45) is 10.8. The average Bonchev–Trinajstić information content (AvgIpc) is 3.80. The smallest absolute Gasteiger partial charge is 0.342 e. The number of hydrogen-bond acceptors (Lipinski definition) is 9. The van der Waals surface area contributed by atoms with Crippen LogP contribution in [0.4, 0.5) is 11.6 Å². The molecule has 0 bridgehead atoms. The number of esters is 2. The predicted octanol–water partition coefficient (Wildman–Crippen LogP) is 7.50. The minimum absolute atomic E-state index is 0.171. The van der Waals surface area contributed by atoms with E-state index in [0.717, 1.165) is 83.0 Å². The van der Waals surface area contributed by atoms with Crippen molar-refractivity contribution in [2.45, 2.75) is 98.4 Å². The molecule has 0 aliphatic carbocycles. The van der Waals surface area contributed by atoms with E-state index in [0.29, 0.717) is 23.1 Å². The zero-order valence-corrected chi connectivity index (χ0v) is 30.8. The summed E-state index contributed by atoms with van der Waals surface area (Å²) in [5.41, 5.74) is 5.19. The molecule has 268 valence electrons. The second-order valence-corrected chi connectivity index (χ2v) is 14.1. The number of benzene rings is 1. The molecule has 0 unspecified atom stereocenters. The lowest BCUT2D eigenvalue weighted by Gasteiger charge is -2.28. The van der Waals surface area contributed by atoms with Crippen LogP contribution in [0.25, 0.3) is 0 Å². The van der Waals surface area contributed by atoms with Gasteiger partial charge in [-0.05, 0) is 101 Å². The molecule has 2 atom stereocenters. The summed E-state index contributed by atoms with van der Waals surface area (Å²) in [4.78, 5) is 41.7. The van der Waals surface area contributed by atoms with E-state index >= 15 is 0 Å². The molecule has 0 radical (unpaired) electrons. The summed E-state index contributed by atoms with van der Waals surface area (Å²) in [5, 5.41) is 0. The Kier molecular flexibility index (Phi) is 13.0. The largest absolute Gasteiger partial charge is 0.459 e. The highest BCUT2D eigenvalue weighted by molar-refractivity contribution is 5.95. The Bertz CT molecular complexity index is 1600. The molecule has 2 saturated heterocycles. The zero-order valence-electron chi connectivity index (χ0n) is 30.8. The number of pyridine rings is 2. The van der Waals surface area contributed by atoms with Crippen molar-refractivity contribution in [1.82, 2.24) is 14.9 Å². The first-order chi connectivity index (χ1) is 24.2. The number of carbonyl (C=O) groups is 2. The predicted molar refractivity (Wildman–Crippen MR) is 200 cm³/mol. The number of ether oxygens (including phenoxy) is 2. The fourth-order valence-electron chi connectivity index (χ4n) is 7.18. The highest BCUT2D eigenvalue weighted by atomic mass is 16.5. The number of nitrogens with zero attached hydrogens (tertiary/aromatic N) is 5. The number of carbonyl (C=O) groups excluding carboxylic acids is 2. The van der Waals surface area contributed by atoms with Gasteiger partial charge in [0, 0.05) is 51.2 Å². The maximum Gasteiger partial charge on any atom is 0.342 e. The summed E-state index contributed by atoms with van der Waals surface area (Å²) < 4.78 is 11.0. The standard InChI is InChI=1S/C41H55N5O4/c1-7-11-33(34-20-24-45(27-34)38-36(12-9-22-42-38)40(47)49-29(3)4)19-18-31-14-16-32(17-15-31)26-44(8-2)35-21-25-46(28-35)39-37(13-10-23-43-39)41(48)50-30(5)6/h9-10,12-17,19,22-23,29-30,34-35H,7-8,11,18,20-21,24-28H2,1-6H3/b33-19-/t34-,35+/m1/s1. The van der Waals surface area contributed by atoms with Gasteiger partial charge in [0.1, 0.15) is 22.8 Å². The third-order valence-corrected chi connectivity index (χ3v) is 9.64. The van der Waals surface area contributed by atoms with E-state index in [9.17, 15) is 9.59 Å². The molecule has 2 fully saturated rings.